The van der Waals surface area contributed by atoms with Crippen molar-refractivity contribution in [1.82, 2.24) is 5.32 Å². The first-order valence-electron chi connectivity index (χ1n) is 9.47. The lowest BCUT2D eigenvalue weighted by atomic mass is 9.95. The van der Waals surface area contributed by atoms with E-state index in [0.717, 1.165) is 6.26 Å². The van der Waals surface area contributed by atoms with Crippen LogP contribution in [0.4, 0.5) is 21.5 Å². The van der Waals surface area contributed by atoms with E-state index in [1.54, 1.807) is 19.1 Å². The van der Waals surface area contributed by atoms with E-state index in [9.17, 15) is 17.6 Å². The molecule has 0 fully saturated rings. The molecule has 0 atom stereocenters. The summed E-state index contributed by atoms with van der Waals surface area (Å²) in [4.78, 5) is 16.9. The fourth-order valence-electron chi connectivity index (χ4n) is 3.08. The van der Waals surface area contributed by atoms with E-state index in [4.69, 9.17) is 5.73 Å². The van der Waals surface area contributed by atoms with Crippen LogP contribution >= 0.6 is 0 Å². The molecule has 0 aromatic heterocycles. The summed E-state index contributed by atoms with van der Waals surface area (Å²) in [5, 5.41) is 2.54. The first-order valence-corrected chi connectivity index (χ1v) is 11.3. The summed E-state index contributed by atoms with van der Waals surface area (Å²) >= 11 is 0. The average molecular weight is 435 g/mol. The minimum Gasteiger partial charge on any atom is -0.398 e. The summed E-state index contributed by atoms with van der Waals surface area (Å²) in [6, 6.07) is 8.65. The number of anilines is 2. The lowest BCUT2D eigenvalue weighted by Gasteiger charge is -2.26. The van der Waals surface area contributed by atoms with Crippen LogP contribution < -0.4 is 15.4 Å². The molecule has 30 heavy (non-hydrogen) atoms. The largest absolute Gasteiger partial charge is 0.398 e. The van der Waals surface area contributed by atoms with Crippen LogP contribution in [-0.4, -0.2) is 39.9 Å². The molecule has 2 aromatic carbocycles. The molecule has 7 nitrogen and oxygen atoms in total. The number of hydrogen-bond acceptors (Lipinski definition) is 5. The molecule has 0 aliphatic heterocycles. The summed E-state index contributed by atoms with van der Waals surface area (Å²) < 4.78 is 39.0. The van der Waals surface area contributed by atoms with Crippen LogP contribution in [0.1, 0.15) is 37.8 Å². The van der Waals surface area contributed by atoms with E-state index in [2.05, 4.69) is 10.3 Å². The number of nitrogens with zero attached hydrogens (tertiary/aromatic N) is 2. The maximum Gasteiger partial charge on any atom is 0.270 e. The van der Waals surface area contributed by atoms with E-state index in [1.807, 2.05) is 13.8 Å². The van der Waals surface area contributed by atoms with Crippen molar-refractivity contribution < 1.29 is 17.6 Å². The number of benzene rings is 2. The van der Waals surface area contributed by atoms with E-state index < -0.39 is 21.7 Å². The summed E-state index contributed by atoms with van der Waals surface area (Å²) in [6.07, 6.45) is 1.14. The van der Waals surface area contributed by atoms with Gasteiger partial charge >= 0.3 is 0 Å². The van der Waals surface area contributed by atoms with Crippen molar-refractivity contribution in [3.05, 3.63) is 53.3 Å². The first kappa shape index (κ1) is 23.3. The molecule has 2 aromatic rings. The Labute approximate surface area is 176 Å². The van der Waals surface area contributed by atoms with Gasteiger partial charge in [-0.25, -0.2) is 17.8 Å². The standard InChI is InChI=1S/C21H27FN4O3S/c1-6-26(30(5,28)29)19-12-18(23)17(11-16(19)13(2)3)20(21(27)24-4)25-15-9-7-14(22)8-10-15/h7-13H,6,23H2,1-5H3,(H,24,27). The number of nitrogens with two attached hydrogens (primary N) is 1. The highest BCUT2D eigenvalue weighted by atomic mass is 32.2. The summed E-state index contributed by atoms with van der Waals surface area (Å²) in [7, 11) is -2.04. The fourth-order valence-corrected chi connectivity index (χ4v) is 4.07. The molecule has 162 valence electrons. The molecule has 0 bridgehead atoms. The van der Waals surface area contributed by atoms with Crippen LogP contribution in [0.5, 0.6) is 0 Å². The van der Waals surface area contributed by atoms with Gasteiger partial charge in [-0.15, -0.1) is 0 Å². The molecule has 0 saturated heterocycles. The number of hydrogen-bond donors (Lipinski definition) is 2. The Morgan fingerprint density at radius 2 is 1.83 bits per heavy atom. The smallest absolute Gasteiger partial charge is 0.270 e. The van der Waals surface area contributed by atoms with Gasteiger partial charge in [-0.05, 0) is 54.8 Å². The Hall–Kier alpha value is -2.94. The lowest BCUT2D eigenvalue weighted by Crippen LogP contribution is -2.32. The van der Waals surface area contributed by atoms with E-state index in [1.165, 1.54) is 35.6 Å². The Balaban J connectivity index is 2.75. The van der Waals surface area contributed by atoms with Crippen molar-refractivity contribution in [2.75, 3.05) is 29.9 Å². The number of carbonyl (C=O) groups excluding carboxylic acids is 1. The summed E-state index contributed by atoms with van der Waals surface area (Å²) in [5.41, 5.74) is 8.45. The first-order chi connectivity index (χ1) is 14.0. The predicted octanol–water partition coefficient (Wildman–Crippen LogP) is 3.18. The van der Waals surface area contributed by atoms with Gasteiger partial charge in [-0.3, -0.25) is 9.10 Å². The van der Waals surface area contributed by atoms with Gasteiger partial charge in [0.05, 0.1) is 17.6 Å². The van der Waals surface area contributed by atoms with Gasteiger partial charge in [0, 0.05) is 24.8 Å². The normalized spacial score (nSPS) is 12.2. The number of sulfonamides is 1. The Bertz CT molecular complexity index is 1060. The van der Waals surface area contributed by atoms with Gasteiger partial charge in [0.15, 0.2) is 0 Å². The molecule has 0 aliphatic carbocycles. The molecular formula is C21H27FN4O3S. The van der Waals surface area contributed by atoms with Gasteiger partial charge in [-0.2, -0.15) is 0 Å². The average Bonchev–Trinajstić information content (AvgIpc) is 2.66. The monoisotopic (exact) mass is 434 g/mol. The SMILES string of the molecule is CCN(c1cc(N)c(C(=Nc2ccc(F)cc2)C(=O)NC)cc1C(C)C)S(C)(=O)=O. The highest BCUT2D eigenvalue weighted by Gasteiger charge is 2.24. The van der Waals surface area contributed by atoms with Gasteiger partial charge in [0.25, 0.3) is 5.91 Å². The fraction of sp³-hybridized carbons (Fsp3) is 0.333. The number of amides is 1. The predicted molar refractivity (Wildman–Crippen MR) is 119 cm³/mol. The number of halogens is 1. The second-order valence-electron chi connectivity index (χ2n) is 7.10. The van der Waals surface area contributed by atoms with Crippen molar-refractivity contribution in [3.63, 3.8) is 0 Å². The summed E-state index contributed by atoms with van der Waals surface area (Å²) in [6.45, 7) is 5.82. The highest BCUT2D eigenvalue weighted by Crippen LogP contribution is 2.34. The third kappa shape index (κ3) is 5.15. The zero-order valence-corrected chi connectivity index (χ0v) is 18.5. The zero-order valence-electron chi connectivity index (χ0n) is 17.7. The molecule has 3 N–H and O–H groups in total. The van der Waals surface area contributed by atoms with E-state index in [0.29, 0.717) is 22.5 Å². The molecule has 0 aliphatic rings. The highest BCUT2D eigenvalue weighted by molar-refractivity contribution is 7.92. The van der Waals surface area contributed by atoms with Gasteiger partial charge in [-0.1, -0.05) is 13.8 Å². The molecule has 0 heterocycles. The van der Waals surface area contributed by atoms with Crippen LogP contribution in [0.2, 0.25) is 0 Å². The van der Waals surface area contributed by atoms with Gasteiger partial charge < -0.3 is 11.1 Å². The van der Waals surface area contributed by atoms with Crippen LogP contribution in [-0.2, 0) is 14.8 Å². The molecule has 1 amide bonds. The lowest BCUT2D eigenvalue weighted by molar-refractivity contribution is -0.114. The number of likely N-dealkylation sites (N-methyl/N-ethyl adjacent to an activating group) is 1. The molecule has 9 heteroatoms. The van der Waals surface area contributed by atoms with Crippen molar-refractivity contribution in [2.24, 2.45) is 4.99 Å². The second-order valence-corrected chi connectivity index (χ2v) is 9.00. The molecule has 0 unspecified atom stereocenters. The van der Waals surface area contributed by atoms with Crippen LogP contribution in [0, 0.1) is 5.82 Å². The van der Waals surface area contributed by atoms with Crippen LogP contribution in [0.15, 0.2) is 41.4 Å². The summed E-state index contributed by atoms with van der Waals surface area (Å²) in [5.74, 6) is -0.933. The second kappa shape index (κ2) is 9.25. The van der Waals surface area contributed by atoms with Crippen LogP contribution in [0.25, 0.3) is 0 Å². The molecular weight excluding hydrogens is 407 g/mol. The number of carbonyl (C=O) groups is 1. The third-order valence-corrected chi connectivity index (χ3v) is 5.80. The maximum atomic E-state index is 13.2. The topological polar surface area (TPSA) is 105 Å². The Morgan fingerprint density at radius 3 is 2.30 bits per heavy atom. The van der Waals surface area contributed by atoms with Gasteiger partial charge in [0.1, 0.15) is 11.5 Å². The van der Waals surface area contributed by atoms with Crippen molar-refractivity contribution in [3.8, 4) is 0 Å². The van der Waals surface area contributed by atoms with Crippen molar-refractivity contribution >= 4 is 38.7 Å². The number of nitrogen functional groups attached to an aromatic ring is 1. The Kier molecular flexibility index (Phi) is 7.20. The minimum absolute atomic E-state index is 0.0492. The molecule has 0 radical (unpaired) electrons. The molecule has 0 spiro atoms. The van der Waals surface area contributed by atoms with Gasteiger partial charge in [0.2, 0.25) is 10.0 Å². The zero-order chi connectivity index (χ0) is 22.6. The quantitative estimate of drug-likeness (QED) is 0.516. The number of rotatable bonds is 7. The van der Waals surface area contributed by atoms with Crippen LogP contribution in [0.3, 0.4) is 0 Å². The number of nitrogens with one attached hydrogen (secondary N) is 1. The minimum atomic E-state index is -3.51. The van der Waals surface area contributed by atoms with Crippen molar-refractivity contribution in [2.45, 2.75) is 26.7 Å². The van der Waals surface area contributed by atoms with E-state index in [-0.39, 0.29) is 23.9 Å². The maximum absolute atomic E-state index is 13.2. The molecule has 2 rings (SSSR count). The molecule has 0 saturated carbocycles. The van der Waals surface area contributed by atoms with E-state index >= 15 is 0 Å². The van der Waals surface area contributed by atoms with Crippen molar-refractivity contribution in [1.29, 1.82) is 0 Å². The third-order valence-electron chi connectivity index (χ3n) is 4.54. The number of aliphatic imine (C=N–C) groups is 1. The Morgan fingerprint density at radius 1 is 1.23 bits per heavy atom.